The van der Waals surface area contributed by atoms with Crippen molar-refractivity contribution in [2.45, 2.75) is 26.8 Å². The van der Waals surface area contributed by atoms with Gasteiger partial charge in [-0.3, -0.25) is 14.5 Å². The molecule has 1 fully saturated rings. The maximum atomic E-state index is 13.1. The number of fused-ring (bicyclic) bond motifs is 1. The van der Waals surface area contributed by atoms with E-state index < -0.39 is 0 Å². The van der Waals surface area contributed by atoms with E-state index in [1.54, 1.807) is 11.8 Å². The molecule has 2 aliphatic heterocycles. The van der Waals surface area contributed by atoms with Crippen LogP contribution in [0, 0.1) is 6.92 Å². The van der Waals surface area contributed by atoms with Crippen LogP contribution in [0.2, 0.25) is 0 Å². The molecule has 1 saturated heterocycles. The van der Waals surface area contributed by atoms with Crippen molar-refractivity contribution in [1.29, 1.82) is 0 Å². The molecule has 0 atom stereocenters. The number of amides is 2. The van der Waals surface area contributed by atoms with Gasteiger partial charge in [0.1, 0.15) is 0 Å². The van der Waals surface area contributed by atoms with Crippen LogP contribution in [-0.2, 0) is 17.8 Å². The van der Waals surface area contributed by atoms with Gasteiger partial charge in [-0.05, 0) is 37.1 Å². The molecule has 8 nitrogen and oxygen atoms in total. The molecule has 0 N–H and O–H groups in total. The first-order valence-corrected chi connectivity index (χ1v) is 11.3. The van der Waals surface area contributed by atoms with Gasteiger partial charge in [0.2, 0.25) is 17.6 Å². The summed E-state index contributed by atoms with van der Waals surface area (Å²) in [7, 11) is 0. The molecule has 0 saturated carbocycles. The van der Waals surface area contributed by atoms with Crippen LogP contribution in [0.5, 0.6) is 0 Å². The zero-order valence-electron chi connectivity index (χ0n) is 19.0. The maximum absolute atomic E-state index is 13.1. The van der Waals surface area contributed by atoms with Crippen LogP contribution in [-0.4, -0.2) is 64.5 Å². The predicted molar refractivity (Wildman–Crippen MR) is 124 cm³/mol. The van der Waals surface area contributed by atoms with E-state index >= 15 is 0 Å². The Kier molecular flexibility index (Phi) is 5.68. The third-order valence-corrected chi connectivity index (χ3v) is 6.40. The highest BCUT2D eigenvalue weighted by Crippen LogP contribution is 2.29. The van der Waals surface area contributed by atoms with Crippen molar-refractivity contribution in [2.75, 3.05) is 37.6 Å². The van der Waals surface area contributed by atoms with Crippen molar-refractivity contribution >= 4 is 17.5 Å². The first-order chi connectivity index (χ1) is 16.0. The lowest BCUT2D eigenvalue weighted by Gasteiger charge is -2.34. The van der Waals surface area contributed by atoms with Gasteiger partial charge < -0.3 is 14.3 Å². The van der Waals surface area contributed by atoms with Crippen LogP contribution in [0.3, 0.4) is 0 Å². The van der Waals surface area contributed by atoms with Gasteiger partial charge >= 0.3 is 0 Å². The highest BCUT2D eigenvalue weighted by molar-refractivity contribution is 5.98. The number of rotatable bonds is 4. The van der Waals surface area contributed by atoms with Gasteiger partial charge in [-0.25, -0.2) is 0 Å². The predicted octanol–water partition coefficient (Wildman–Crippen LogP) is 2.91. The molecule has 3 aromatic rings. The maximum Gasteiger partial charge on any atom is 0.253 e. The Morgan fingerprint density at radius 1 is 1.00 bits per heavy atom. The topological polar surface area (TPSA) is 82.8 Å². The second-order valence-corrected chi connectivity index (χ2v) is 8.71. The Hall–Kier alpha value is -3.52. The van der Waals surface area contributed by atoms with Crippen LogP contribution < -0.4 is 4.90 Å². The van der Waals surface area contributed by atoms with Gasteiger partial charge in [0.15, 0.2) is 0 Å². The van der Waals surface area contributed by atoms with Crippen molar-refractivity contribution in [3.63, 3.8) is 0 Å². The van der Waals surface area contributed by atoms with E-state index in [1.165, 1.54) is 5.56 Å². The lowest BCUT2D eigenvalue weighted by Crippen LogP contribution is -2.48. The molecule has 2 aromatic carbocycles. The lowest BCUT2D eigenvalue weighted by atomic mass is 10.1. The number of piperazine rings is 1. The normalized spacial score (nSPS) is 16.2. The summed E-state index contributed by atoms with van der Waals surface area (Å²) in [5, 5.41) is 4.11. The first kappa shape index (κ1) is 21.3. The number of carbonyl (C=O) groups is 2. The third-order valence-electron chi connectivity index (χ3n) is 6.40. The minimum Gasteiger partial charge on any atom is -0.338 e. The number of anilines is 1. The van der Waals surface area contributed by atoms with E-state index in [9.17, 15) is 9.59 Å². The second kappa shape index (κ2) is 8.78. The van der Waals surface area contributed by atoms with Crippen LogP contribution in [0.4, 0.5) is 5.69 Å². The summed E-state index contributed by atoms with van der Waals surface area (Å²) in [6.45, 7) is 7.66. The molecular weight excluding hydrogens is 418 g/mol. The Labute approximate surface area is 192 Å². The fourth-order valence-corrected chi connectivity index (χ4v) is 4.48. The van der Waals surface area contributed by atoms with E-state index in [-0.39, 0.29) is 11.8 Å². The molecule has 5 rings (SSSR count). The highest BCUT2D eigenvalue weighted by atomic mass is 16.5. The average molecular weight is 446 g/mol. The largest absolute Gasteiger partial charge is 0.338 e. The lowest BCUT2D eigenvalue weighted by molar-refractivity contribution is -0.116. The Morgan fingerprint density at radius 2 is 1.76 bits per heavy atom. The van der Waals surface area contributed by atoms with Crippen molar-refractivity contribution in [1.82, 2.24) is 19.9 Å². The number of aromatic nitrogens is 2. The third kappa shape index (κ3) is 4.39. The molecule has 33 heavy (non-hydrogen) atoms. The molecule has 170 valence electrons. The fraction of sp³-hybridized carbons (Fsp3) is 0.360. The minimum atomic E-state index is 0.0381. The Bertz CT molecular complexity index is 1180. The minimum absolute atomic E-state index is 0.0381. The molecule has 0 radical (unpaired) electrons. The fourth-order valence-electron chi connectivity index (χ4n) is 4.48. The van der Waals surface area contributed by atoms with Crippen molar-refractivity contribution in [3.05, 3.63) is 65.0 Å². The van der Waals surface area contributed by atoms with E-state index in [0.29, 0.717) is 43.5 Å². The van der Waals surface area contributed by atoms with Crippen LogP contribution >= 0.6 is 0 Å². The number of hydrogen-bond donors (Lipinski definition) is 0. The zero-order chi connectivity index (χ0) is 22.9. The number of aryl methyl sites for hydroxylation is 1. The molecule has 2 amide bonds. The molecule has 3 heterocycles. The number of carbonyl (C=O) groups excluding carboxylic acids is 2. The smallest absolute Gasteiger partial charge is 0.253 e. The summed E-state index contributed by atoms with van der Waals surface area (Å²) >= 11 is 0. The van der Waals surface area contributed by atoms with Gasteiger partial charge in [0.25, 0.3) is 5.91 Å². The second-order valence-electron chi connectivity index (χ2n) is 8.71. The summed E-state index contributed by atoms with van der Waals surface area (Å²) in [5.41, 5.74) is 4.80. The molecule has 0 bridgehead atoms. The number of nitrogens with zero attached hydrogens (tertiary/aromatic N) is 5. The van der Waals surface area contributed by atoms with Crippen LogP contribution in [0.1, 0.15) is 34.3 Å². The Morgan fingerprint density at radius 3 is 2.48 bits per heavy atom. The number of benzene rings is 2. The molecule has 0 unspecified atom stereocenters. The first-order valence-electron chi connectivity index (χ1n) is 11.3. The highest BCUT2D eigenvalue weighted by Gasteiger charge is 2.26. The summed E-state index contributed by atoms with van der Waals surface area (Å²) in [6, 6.07) is 13.7. The summed E-state index contributed by atoms with van der Waals surface area (Å²) in [6.07, 6.45) is 0.790. The summed E-state index contributed by atoms with van der Waals surface area (Å²) < 4.78 is 5.45. The molecule has 2 aliphatic rings. The van der Waals surface area contributed by atoms with Crippen molar-refractivity contribution in [3.8, 4) is 11.4 Å². The molecule has 0 aliphatic carbocycles. The van der Waals surface area contributed by atoms with E-state index in [1.807, 2.05) is 54.3 Å². The van der Waals surface area contributed by atoms with E-state index in [2.05, 4.69) is 15.0 Å². The number of hydrogen-bond acceptors (Lipinski definition) is 6. The monoisotopic (exact) mass is 445 g/mol. The van der Waals surface area contributed by atoms with E-state index in [4.69, 9.17) is 4.52 Å². The quantitative estimate of drug-likeness (QED) is 0.614. The average Bonchev–Trinajstić information content (AvgIpc) is 3.46. The molecule has 0 spiro atoms. The molecular formula is C25H27N5O3. The van der Waals surface area contributed by atoms with Gasteiger partial charge in [0, 0.05) is 56.5 Å². The molecule has 1 aromatic heterocycles. The van der Waals surface area contributed by atoms with Crippen molar-refractivity contribution in [2.24, 2.45) is 0 Å². The van der Waals surface area contributed by atoms with Gasteiger partial charge in [-0.2, -0.15) is 4.98 Å². The van der Waals surface area contributed by atoms with Crippen LogP contribution in [0.15, 0.2) is 47.0 Å². The van der Waals surface area contributed by atoms with E-state index in [0.717, 1.165) is 36.3 Å². The van der Waals surface area contributed by atoms with Crippen molar-refractivity contribution < 1.29 is 14.1 Å². The molecule has 8 heteroatoms. The van der Waals surface area contributed by atoms with Gasteiger partial charge in [-0.15, -0.1) is 0 Å². The SMILES string of the molecule is CC(=O)N1CCc2cc(C(=O)N3CCN(Cc4nc(-c5ccc(C)cc5)no4)CC3)ccc21. The zero-order valence-corrected chi connectivity index (χ0v) is 19.0. The van der Waals surface area contributed by atoms with Gasteiger partial charge in [-0.1, -0.05) is 35.0 Å². The standard InChI is InChI=1S/C25H27N5O3/c1-17-3-5-19(6-4-17)24-26-23(33-27-24)16-28-11-13-29(14-12-28)25(32)21-7-8-22-20(15-21)9-10-30(22)18(2)31/h3-8,15H,9-14,16H2,1-2H3. The van der Waals surface area contributed by atoms with Crippen LogP contribution in [0.25, 0.3) is 11.4 Å². The summed E-state index contributed by atoms with van der Waals surface area (Å²) in [5.74, 6) is 1.26. The summed E-state index contributed by atoms with van der Waals surface area (Å²) in [4.78, 5) is 35.2. The van der Waals surface area contributed by atoms with Gasteiger partial charge in [0.05, 0.1) is 6.54 Å². The Balaban J connectivity index is 1.17.